The van der Waals surface area contributed by atoms with Crippen LogP contribution in [0.25, 0.3) is 0 Å². The molecule has 1 aromatic heterocycles. The van der Waals surface area contributed by atoms with E-state index in [4.69, 9.17) is 10.5 Å². The van der Waals surface area contributed by atoms with Crippen LogP contribution in [0.4, 0.5) is 10.8 Å². The first-order chi connectivity index (χ1) is 10.2. The van der Waals surface area contributed by atoms with Gasteiger partial charge in [0.2, 0.25) is 11.0 Å². The molecular formula is C13H14N4O2S2. The van der Waals surface area contributed by atoms with Gasteiger partial charge in [0, 0.05) is 6.54 Å². The van der Waals surface area contributed by atoms with E-state index in [0.717, 1.165) is 16.4 Å². The lowest BCUT2D eigenvalue weighted by Crippen LogP contribution is -2.28. The molecule has 1 unspecified atom stereocenters. The molecule has 8 heteroatoms. The SMILES string of the molecule is COc1ccccc1N1CCC(Sc2nnc(N)s2)C1=O. The second kappa shape index (κ2) is 5.90. The van der Waals surface area contributed by atoms with Crippen LogP contribution < -0.4 is 15.4 Å². The number of rotatable bonds is 4. The molecule has 3 rings (SSSR count). The summed E-state index contributed by atoms with van der Waals surface area (Å²) in [6.07, 6.45) is 0.765. The van der Waals surface area contributed by atoms with Crippen LogP contribution in [0.5, 0.6) is 5.75 Å². The fourth-order valence-electron chi connectivity index (χ4n) is 2.24. The Bertz CT molecular complexity index is 661. The number of thioether (sulfide) groups is 1. The Morgan fingerprint density at radius 3 is 2.95 bits per heavy atom. The van der Waals surface area contributed by atoms with Crippen LogP contribution >= 0.6 is 23.1 Å². The van der Waals surface area contributed by atoms with E-state index in [1.165, 1.54) is 23.1 Å². The molecule has 1 aliphatic rings. The number of hydrogen-bond donors (Lipinski definition) is 1. The molecule has 1 amide bonds. The molecule has 2 heterocycles. The fraction of sp³-hybridized carbons (Fsp3) is 0.308. The largest absolute Gasteiger partial charge is 0.495 e. The van der Waals surface area contributed by atoms with Crippen LogP contribution in [0.15, 0.2) is 28.6 Å². The number of ether oxygens (including phenoxy) is 1. The van der Waals surface area contributed by atoms with E-state index in [1.807, 2.05) is 24.3 Å². The van der Waals surface area contributed by atoms with Gasteiger partial charge in [-0.2, -0.15) is 0 Å². The van der Waals surface area contributed by atoms with Gasteiger partial charge in [-0.3, -0.25) is 4.79 Å². The summed E-state index contributed by atoms with van der Waals surface area (Å²) in [6.45, 7) is 0.672. The van der Waals surface area contributed by atoms with Crippen molar-refractivity contribution < 1.29 is 9.53 Å². The average Bonchev–Trinajstić information content (AvgIpc) is 3.06. The highest BCUT2D eigenvalue weighted by Gasteiger charge is 2.35. The number of hydrogen-bond acceptors (Lipinski definition) is 7. The predicted octanol–water partition coefficient (Wildman–Crippen LogP) is 2.03. The smallest absolute Gasteiger partial charge is 0.240 e. The van der Waals surface area contributed by atoms with Gasteiger partial charge >= 0.3 is 0 Å². The lowest BCUT2D eigenvalue weighted by molar-refractivity contribution is -0.116. The number of carbonyl (C=O) groups excluding carboxylic acids is 1. The number of para-hydroxylation sites is 2. The Kier molecular flexibility index (Phi) is 3.98. The van der Waals surface area contributed by atoms with Crippen LogP contribution in [0.1, 0.15) is 6.42 Å². The number of anilines is 2. The number of aromatic nitrogens is 2. The van der Waals surface area contributed by atoms with Gasteiger partial charge in [-0.05, 0) is 18.6 Å². The van der Waals surface area contributed by atoms with Crippen LogP contribution in [0.3, 0.4) is 0 Å². The minimum absolute atomic E-state index is 0.0678. The van der Waals surface area contributed by atoms with Gasteiger partial charge in [-0.25, -0.2) is 0 Å². The second-order valence-electron chi connectivity index (χ2n) is 4.46. The molecule has 0 radical (unpaired) electrons. The highest BCUT2D eigenvalue weighted by atomic mass is 32.2. The van der Waals surface area contributed by atoms with Crippen molar-refractivity contribution in [1.29, 1.82) is 0 Å². The minimum atomic E-state index is -0.151. The Labute approximate surface area is 130 Å². The first-order valence-electron chi connectivity index (χ1n) is 6.39. The first kappa shape index (κ1) is 14.2. The molecular weight excluding hydrogens is 308 g/mol. The van der Waals surface area contributed by atoms with Crippen molar-refractivity contribution in [3.05, 3.63) is 24.3 Å². The highest BCUT2D eigenvalue weighted by Crippen LogP contribution is 2.37. The van der Waals surface area contributed by atoms with Crippen LogP contribution in [-0.4, -0.2) is 35.0 Å². The lowest BCUT2D eigenvalue weighted by atomic mass is 10.2. The molecule has 2 N–H and O–H groups in total. The summed E-state index contributed by atoms with van der Waals surface area (Å²) in [5.41, 5.74) is 6.37. The molecule has 1 aromatic carbocycles. The van der Waals surface area contributed by atoms with Gasteiger partial charge < -0.3 is 15.4 Å². The Hall–Kier alpha value is -1.80. The summed E-state index contributed by atoms with van der Waals surface area (Å²) in [5, 5.41) is 8.00. The van der Waals surface area contributed by atoms with Crippen LogP contribution in [-0.2, 0) is 4.79 Å². The van der Waals surface area contributed by atoms with Crippen molar-refractivity contribution in [2.75, 3.05) is 24.3 Å². The van der Waals surface area contributed by atoms with Crippen molar-refractivity contribution in [2.45, 2.75) is 16.0 Å². The topological polar surface area (TPSA) is 81.3 Å². The summed E-state index contributed by atoms with van der Waals surface area (Å²) in [4.78, 5) is 14.3. The summed E-state index contributed by atoms with van der Waals surface area (Å²) < 4.78 is 6.05. The minimum Gasteiger partial charge on any atom is -0.495 e. The number of carbonyl (C=O) groups is 1. The van der Waals surface area contributed by atoms with Gasteiger partial charge in [0.15, 0.2) is 4.34 Å². The lowest BCUT2D eigenvalue weighted by Gasteiger charge is -2.19. The molecule has 0 spiro atoms. The molecule has 1 aliphatic heterocycles. The molecule has 1 saturated heterocycles. The van der Waals surface area contributed by atoms with E-state index in [0.29, 0.717) is 17.4 Å². The number of nitrogen functional groups attached to an aromatic ring is 1. The number of nitrogens with zero attached hydrogens (tertiary/aromatic N) is 3. The number of methoxy groups -OCH3 is 1. The number of nitrogens with two attached hydrogens (primary N) is 1. The zero-order valence-corrected chi connectivity index (χ0v) is 13.0. The van der Waals surface area contributed by atoms with Gasteiger partial charge in [0.25, 0.3) is 0 Å². The summed E-state index contributed by atoms with van der Waals surface area (Å²) in [5.74, 6) is 0.773. The molecule has 1 fully saturated rings. The van der Waals surface area contributed by atoms with Gasteiger partial charge in [-0.15, -0.1) is 10.2 Å². The fourth-order valence-corrected chi connectivity index (χ4v) is 4.17. The van der Waals surface area contributed by atoms with Crippen molar-refractivity contribution in [3.8, 4) is 5.75 Å². The van der Waals surface area contributed by atoms with Crippen molar-refractivity contribution in [2.24, 2.45) is 0 Å². The molecule has 2 aromatic rings. The molecule has 21 heavy (non-hydrogen) atoms. The summed E-state index contributed by atoms with van der Waals surface area (Å²) in [6, 6.07) is 7.54. The molecule has 0 bridgehead atoms. The molecule has 0 saturated carbocycles. The third kappa shape index (κ3) is 2.81. The monoisotopic (exact) mass is 322 g/mol. The second-order valence-corrected chi connectivity index (χ2v) is 6.92. The van der Waals surface area contributed by atoms with Crippen molar-refractivity contribution in [3.63, 3.8) is 0 Å². The Balaban J connectivity index is 1.77. The maximum atomic E-state index is 12.6. The van der Waals surface area contributed by atoms with Crippen LogP contribution in [0.2, 0.25) is 0 Å². The standard InChI is InChI=1S/C13H14N4O2S2/c1-19-9-5-3-2-4-8(9)17-7-6-10(11(17)18)20-13-16-15-12(14)21-13/h2-5,10H,6-7H2,1H3,(H2,14,15). The summed E-state index contributed by atoms with van der Waals surface area (Å²) in [7, 11) is 1.61. The van der Waals surface area contributed by atoms with Gasteiger partial charge in [0.1, 0.15) is 5.75 Å². The number of amides is 1. The normalized spacial score (nSPS) is 18.2. The van der Waals surface area contributed by atoms with Crippen LogP contribution in [0, 0.1) is 0 Å². The molecule has 6 nitrogen and oxygen atoms in total. The number of benzene rings is 1. The Morgan fingerprint density at radius 2 is 2.24 bits per heavy atom. The predicted molar refractivity (Wildman–Crippen MR) is 83.9 cm³/mol. The maximum absolute atomic E-state index is 12.6. The molecule has 0 aliphatic carbocycles. The first-order valence-corrected chi connectivity index (χ1v) is 8.08. The molecule has 1 atom stereocenters. The maximum Gasteiger partial charge on any atom is 0.240 e. The zero-order valence-electron chi connectivity index (χ0n) is 11.4. The average molecular weight is 322 g/mol. The van der Waals surface area contributed by atoms with E-state index in [-0.39, 0.29) is 11.2 Å². The molecule has 110 valence electrons. The van der Waals surface area contributed by atoms with Crippen molar-refractivity contribution >= 4 is 39.8 Å². The highest BCUT2D eigenvalue weighted by molar-refractivity contribution is 8.02. The quantitative estimate of drug-likeness (QED) is 0.927. The van der Waals surface area contributed by atoms with E-state index in [2.05, 4.69) is 10.2 Å². The van der Waals surface area contributed by atoms with Gasteiger partial charge in [-0.1, -0.05) is 35.2 Å². The van der Waals surface area contributed by atoms with E-state index in [1.54, 1.807) is 12.0 Å². The van der Waals surface area contributed by atoms with E-state index >= 15 is 0 Å². The zero-order chi connectivity index (χ0) is 14.8. The van der Waals surface area contributed by atoms with E-state index in [9.17, 15) is 4.79 Å². The van der Waals surface area contributed by atoms with E-state index < -0.39 is 0 Å². The van der Waals surface area contributed by atoms with Gasteiger partial charge in [0.05, 0.1) is 18.0 Å². The third-order valence-corrected chi connectivity index (χ3v) is 5.29. The third-order valence-electron chi connectivity index (χ3n) is 3.20. The summed E-state index contributed by atoms with van der Waals surface area (Å²) >= 11 is 2.73. The van der Waals surface area contributed by atoms with Crippen molar-refractivity contribution in [1.82, 2.24) is 10.2 Å². The Morgan fingerprint density at radius 1 is 1.43 bits per heavy atom.